The molecule has 0 radical (unpaired) electrons. The highest BCUT2D eigenvalue weighted by Crippen LogP contribution is 2.15. The summed E-state index contributed by atoms with van der Waals surface area (Å²) in [6.45, 7) is 1.95. The van der Waals surface area contributed by atoms with Gasteiger partial charge in [0.15, 0.2) is 0 Å². The van der Waals surface area contributed by atoms with E-state index in [-0.39, 0.29) is 11.3 Å². The first kappa shape index (κ1) is 12.1. The van der Waals surface area contributed by atoms with E-state index in [4.69, 9.17) is 5.73 Å². The quantitative estimate of drug-likeness (QED) is 0.726. The molecule has 0 spiro atoms. The maximum atomic E-state index is 13.1. The largest absolute Gasteiger partial charge is 0.399 e. The van der Waals surface area contributed by atoms with Crippen molar-refractivity contribution in [3.8, 4) is 0 Å². The number of anilines is 2. The fraction of sp³-hybridized carbons (Fsp3) is 0.167. The van der Waals surface area contributed by atoms with Crippen LogP contribution in [0, 0.1) is 5.82 Å². The van der Waals surface area contributed by atoms with Gasteiger partial charge in [-0.05, 0) is 24.6 Å². The minimum atomic E-state index is -0.541. The number of nitrogens with two attached hydrogens (primary N) is 1. The Hall–Kier alpha value is -2.37. The smallest absolute Gasteiger partial charge is 0.256 e. The summed E-state index contributed by atoms with van der Waals surface area (Å²) in [7, 11) is 0. The zero-order chi connectivity index (χ0) is 13.1. The standard InChI is InChI=1S/C12H13FN4O/c1-2-7-6-15-17-11(7)16-12(18)8-3-9(13)5-10(14)4-8/h3-6H,2,14H2,1H3,(H2,15,16,17,18). The predicted molar refractivity (Wildman–Crippen MR) is 66.7 cm³/mol. The van der Waals surface area contributed by atoms with Crippen molar-refractivity contribution in [3.63, 3.8) is 0 Å². The third kappa shape index (κ3) is 2.48. The summed E-state index contributed by atoms with van der Waals surface area (Å²) in [6.07, 6.45) is 2.37. The fourth-order valence-corrected chi connectivity index (χ4v) is 1.62. The Kier molecular flexibility index (Phi) is 3.27. The normalized spacial score (nSPS) is 10.3. The number of hydrogen-bond acceptors (Lipinski definition) is 3. The van der Waals surface area contributed by atoms with Gasteiger partial charge in [-0.3, -0.25) is 9.89 Å². The SMILES string of the molecule is CCc1cn[nH]c1NC(=O)c1cc(N)cc(F)c1. The summed E-state index contributed by atoms with van der Waals surface area (Å²) < 4.78 is 13.1. The van der Waals surface area contributed by atoms with Gasteiger partial charge in [-0.15, -0.1) is 0 Å². The topological polar surface area (TPSA) is 83.8 Å². The fourth-order valence-electron chi connectivity index (χ4n) is 1.62. The molecule has 4 N–H and O–H groups in total. The van der Waals surface area contributed by atoms with Crippen molar-refractivity contribution in [1.82, 2.24) is 10.2 Å². The molecule has 0 aliphatic heterocycles. The van der Waals surface area contributed by atoms with Gasteiger partial charge in [-0.1, -0.05) is 6.92 Å². The minimum Gasteiger partial charge on any atom is -0.399 e. The van der Waals surface area contributed by atoms with Crippen LogP contribution in [-0.2, 0) is 6.42 Å². The van der Waals surface area contributed by atoms with Gasteiger partial charge in [0.05, 0.1) is 6.20 Å². The maximum Gasteiger partial charge on any atom is 0.256 e. The third-order valence-corrected chi connectivity index (χ3v) is 2.52. The van der Waals surface area contributed by atoms with Crippen LogP contribution in [0.25, 0.3) is 0 Å². The van der Waals surface area contributed by atoms with Crippen LogP contribution in [-0.4, -0.2) is 16.1 Å². The van der Waals surface area contributed by atoms with E-state index < -0.39 is 11.7 Å². The summed E-state index contributed by atoms with van der Waals surface area (Å²) in [5, 5.41) is 9.15. The van der Waals surface area contributed by atoms with Crippen molar-refractivity contribution < 1.29 is 9.18 Å². The average molecular weight is 248 g/mol. The van der Waals surface area contributed by atoms with Crippen LogP contribution >= 0.6 is 0 Å². The predicted octanol–water partition coefficient (Wildman–Crippen LogP) is 1.95. The van der Waals surface area contributed by atoms with Gasteiger partial charge in [0, 0.05) is 16.8 Å². The number of hydrogen-bond donors (Lipinski definition) is 3. The highest BCUT2D eigenvalue weighted by Gasteiger charge is 2.11. The molecule has 0 aliphatic carbocycles. The number of amides is 1. The maximum absolute atomic E-state index is 13.1. The molecule has 1 aromatic carbocycles. The van der Waals surface area contributed by atoms with Crippen molar-refractivity contribution in [2.45, 2.75) is 13.3 Å². The van der Waals surface area contributed by atoms with E-state index in [1.54, 1.807) is 6.20 Å². The van der Waals surface area contributed by atoms with E-state index in [9.17, 15) is 9.18 Å². The molecule has 2 rings (SSSR count). The summed E-state index contributed by atoms with van der Waals surface area (Å²) in [6, 6.07) is 3.71. The van der Waals surface area contributed by atoms with E-state index in [0.29, 0.717) is 5.82 Å². The number of aromatic amines is 1. The second-order valence-corrected chi connectivity index (χ2v) is 3.85. The van der Waals surface area contributed by atoms with Gasteiger partial charge in [0.1, 0.15) is 11.6 Å². The Morgan fingerprint density at radius 2 is 2.28 bits per heavy atom. The number of nitrogen functional groups attached to an aromatic ring is 1. The van der Waals surface area contributed by atoms with Gasteiger partial charge in [-0.2, -0.15) is 5.10 Å². The number of H-pyrrole nitrogens is 1. The van der Waals surface area contributed by atoms with Crippen LogP contribution in [0.5, 0.6) is 0 Å². The highest BCUT2D eigenvalue weighted by atomic mass is 19.1. The van der Waals surface area contributed by atoms with Crippen LogP contribution in [0.4, 0.5) is 15.9 Å². The Morgan fingerprint density at radius 1 is 1.50 bits per heavy atom. The summed E-state index contributed by atoms with van der Waals surface area (Å²) >= 11 is 0. The van der Waals surface area contributed by atoms with Crippen molar-refractivity contribution in [1.29, 1.82) is 0 Å². The van der Waals surface area contributed by atoms with E-state index in [1.165, 1.54) is 6.07 Å². The van der Waals surface area contributed by atoms with Crippen LogP contribution in [0.15, 0.2) is 24.4 Å². The zero-order valence-corrected chi connectivity index (χ0v) is 9.83. The van der Waals surface area contributed by atoms with Crippen LogP contribution < -0.4 is 11.1 Å². The molecule has 0 aliphatic rings. The lowest BCUT2D eigenvalue weighted by Crippen LogP contribution is -2.14. The zero-order valence-electron chi connectivity index (χ0n) is 9.83. The molecule has 6 heteroatoms. The first-order chi connectivity index (χ1) is 8.60. The van der Waals surface area contributed by atoms with E-state index in [1.807, 2.05) is 6.92 Å². The van der Waals surface area contributed by atoms with Crippen molar-refractivity contribution >= 4 is 17.4 Å². The van der Waals surface area contributed by atoms with E-state index in [2.05, 4.69) is 15.5 Å². The lowest BCUT2D eigenvalue weighted by atomic mass is 10.1. The van der Waals surface area contributed by atoms with Crippen molar-refractivity contribution in [2.24, 2.45) is 0 Å². The third-order valence-electron chi connectivity index (χ3n) is 2.52. The van der Waals surface area contributed by atoms with Crippen LogP contribution in [0.1, 0.15) is 22.8 Å². The molecule has 0 fully saturated rings. The Bertz CT molecular complexity index is 559. The Labute approximate surface area is 103 Å². The van der Waals surface area contributed by atoms with E-state index >= 15 is 0 Å². The minimum absolute atomic E-state index is 0.171. The molecule has 0 unspecified atom stereocenters. The number of carbonyl (C=O) groups excluding carboxylic acids is 1. The van der Waals surface area contributed by atoms with Gasteiger partial charge in [0.25, 0.3) is 5.91 Å². The number of nitrogens with one attached hydrogen (secondary N) is 2. The first-order valence-corrected chi connectivity index (χ1v) is 5.49. The monoisotopic (exact) mass is 248 g/mol. The summed E-state index contributed by atoms with van der Waals surface area (Å²) in [4.78, 5) is 11.9. The molecule has 0 bridgehead atoms. The number of rotatable bonds is 3. The highest BCUT2D eigenvalue weighted by molar-refractivity contribution is 6.04. The molecule has 1 heterocycles. The van der Waals surface area contributed by atoms with Gasteiger partial charge < -0.3 is 11.1 Å². The number of aryl methyl sites for hydroxylation is 1. The van der Waals surface area contributed by atoms with Gasteiger partial charge in [0.2, 0.25) is 0 Å². The molecule has 94 valence electrons. The average Bonchev–Trinajstić information content (AvgIpc) is 2.75. The lowest BCUT2D eigenvalue weighted by Gasteiger charge is -2.05. The molecular formula is C12H13FN4O. The van der Waals surface area contributed by atoms with E-state index in [0.717, 1.165) is 24.1 Å². The Balaban J connectivity index is 2.22. The molecular weight excluding hydrogens is 235 g/mol. The molecule has 2 aromatic rings. The number of nitrogens with zero attached hydrogens (tertiary/aromatic N) is 1. The van der Waals surface area contributed by atoms with Gasteiger partial charge in [-0.25, -0.2) is 4.39 Å². The Morgan fingerprint density at radius 3 is 2.94 bits per heavy atom. The van der Waals surface area contributed by atoms with Gasteiger partial charge >= 0.3 is 0 Å². The summed E-state index contributed by atoms with van der Waals surface area (Å²) in [5.41, 5.74) is 6.75. The molecule has 0 atom stereocenters. The van der Waals surface area contributed by atoms with Crippen LogP contribution in [0.2, 0.25) is 0 Å². The molecule has 0 saturated heterocycles. The number of aromatic nitrogens is 2. The second-order valence-electron chi connectivity index (χ2n) is 3.85. The van der Waals surface area contributed by atoms with Crippen LogP contribution in [0.3, 0.4) is 0 Å². The number of benzene rings is 1. The molecule has 1 amide bonds. The molecule has 18 heavy (non-hydrogen) atoms. The molecule has 0 saturated carbocycles. The number of carbonyl (C=O) groups is 1. The number of halogens is 1. The summed E-state index contributed by atoms with van der Waals surface area (Å²) in [5.74, 6) is -0.453. The first-order valence-electron chi connectivity index (χ1n) is 5.49. The van der Waals surface area contributed by atoms with Crippen molar-refractivity contribution in [2.75, 3.05) is 11.1 Å². The molecule has 5 nitrogen and oxygen atoms in total. The molecule has 1 aromatic heterocycles. The second kappa shape index (κ2) is 4.87. The van der Waals surface area contributed by atoms with Crippen molar-refractivity contribution in [3.05, 3.63) is 41.3 Å². The lowest BCUT2D eigenvalue weighted by molar-refractivity contribution is 0.102.